The fourth-order valence-corrected chi connectivity index (χ4v) is 1.46. The molecule has 0 aliphatic heterocycles. The second kappa shape index (κ2) is 6.62. The summed E-state index contributed by atoms with van der Waals surface area (Å²) in [6.07, 6.45) is -0.657. The molecule has 1 aromatic rings. The second-order valence-electron chi connectivity index (χ2n) is 3.88. The van der Waals surface area contributed by atoms with E-state index in [1.54, 1.807) is 38.2 Å². The van der Waals surface area contributed by atoms with Gasteiger partial charge in [0.25, 0.3) is 5.91 Å². The van der Waals surface area contributed by atoms with Crippen molar-refractivity contribution >= 4 is 5.91 Å². The minimum absolute atomic E-state index is 0.0844. The quantitative estimate of drug-likeness (QED) is 0.835. The molecular weight excluding hydrogens is 232 g/mol. The number of carbonyl (C=O) groups is 1. The molecule has 18 heavy (non-hydrogen) atoms. The molecule has 0 heterocycles. The predicted molar refractivity (Wildman–Crippen MR) is 66.0 cm³/mol. The first-order valence-electron chi connectivity index (χ1n) is 5.61. The number of aliphatic hydroxyl groups is 1. The van der Waals surface area contributed by atoms with Crippen LogP contribution in [0, 0.1) is 11.3 Å². The van der Waals surface area contributed by atoms with Crippen molar-refractivity contribution in [3.8, 4) is 11.8 Å². The van der Waals surface area contributed by atoms with Crippen molar-refractivity contribution in [3.63, 3.8) is 0 Å². The van der Waals surface area contributed by atoms with Gasteiger partial charge >= 0.3 is 0 Å². The lowest BCUT2D eigenvalue weighted by Gasteiger charge is -2.21. The molecule has 0 bridgehead atoms. The monoisotopic (exact) mass is 248 g/mol. The Balaban J connectivity index is 2.66. The first-order valence-corrected chi connectivity index (χ1v) is 5.61. The van der Waals surface area contributed by atoms with Crippen molar-refractivity contribution in [2.75, 3.05) is 20.2 Å². The number of rotatable bonds is 5. The summed E-state index contributed by atoms with van der Waals surface area (Å²) in [6.45, 7) is 1.82. The maximum Gasteiger partial charge on any atom is 0.263 e. The van der Waals surface area contributed by atoms with Crippen LogP contribution in [0.25, 0.3) is 0 Å². The summed E-state index contributed by atoms with van der Waals surface area (Å²) >= 11 is 0. The zero-order valence-electron chi connectivity index (χ0n) is 10.5. The molecule has 96 valence electrons. The summed E-state index contributed by atoms with van der Waals surface area (Å²) in [5.41, 5.74) is 0.482. The molecule has 0 aliphatic carbocycles. The molecule has 1 atom stereocenters. The largest absolute Gasteiger partial charge is 0.481 e. The van der Waals surface area contributed by atoms with Crippen LogP contribution in [0.5, 0.6) is 5.75 Å². The van der Waals surface area contributed by atoms with E-state index in [4.69, 9.17) is 15.1 Å². The van der Waals surface area contributed by atoms with E-state index in [2.05, 4.69) is 0 Å². The van der Waals surface area contributed by atoms with Gasteiger partial charge in [0.05, 0.1) is 18.2 Å². The van der Waals surface area contributed by atoms with Crippen LogP contribution in [0.4, 0.5) is 0 Å². The molecule has 1 N–H and O–H groups in total. The van der Waals surface area contributed by atoms with Crippen LogP contribution in [-0.2, 0) is 4.79 Å². The van der Waals surface area contributed by atoms with Crippen LogP contribution in [0.2, 0.25) is 0 Å². The van der Waals surface area contributed by atoms with Crippen molar-refractivity contribution in [1.82, 2.24) is 4.90 Å². The van der Waals surface area contributed by atoms with Crippen LogP contribution in [-0.4, -0.2) is 42.2 Å². The molecule has 0 aromatic heterocycles. The van der Waals surface area contributed by atoms with Crippen molar-refractivity contribution in [2.45, 2.75) is 13.0 Å². The third-order valence-corrected chi connectivity index (χ3v) is 2.44. The lowest BCUT2D eigenvalue weighted by molar-refractivity contribution is -0.137. The average Bonchev–Trinajstić information content (AvgIpc) is 2.38. The van der Waals surface area contributed by atoms with E-state index in [1.807, 2.05) is 6.07 Å². The summed E-state index contributed by atoms with van der Waals surface area (Å²) in [5, 5.41) is 17.5. The molecule has 0 saturated heterocycles. The number of benzene rings is 1. The summed E-state index contributed by atoms with van der Waals surface area (Å²) in [5.74, 6) is 0.263. The summed E-state index contributed by atoms with van der Waals surface area (Å²) in [6, 6.07) is 8.64. The number of hydrogen-bond acceptors (Lipinski definition) is 4. The van der Waals surface area contributed by atoms with Crippen molar-refractivity contribution in [1.29, 1.82) is 5.26 Å². The number of nitriles is 1. The van der Waals surface area contributed by atoms with E-state index >= 15 is 0 Å². The van der Waals surface area contributed by atoms with E-state index in [-0.39, 0.29) is 19.1 Å². The van der Waals surface area contributed by atoms with Gasteiger partial charge in [0.2, 0.25) is 0 Å². The Bertz CT molecular complexity index is 454. The van der Waals surface area contributed by atoms with Crippen molar-refractivity contribution < 1.29 is 14.6 Å². The van der Waals surface area contributed by atoms with Gasteiger partial charge in [-0.2, -0.15) is 5.26 Å². The highest BCUT2D eigenvalue weighted by Gasteiger charge is 2.18. The van der Waals surface area contributed by atoms with Crippen LogP contribution in [0.3, 0.4) is 0 Å². The first kappa shape index (κ1) is 14.0. The van der Waals surface area contributed by atoms with Crippen LogP contribution >= 0.6 is 0 Å². The van der Waals surface area contributed by atoms with Gasteiger partial charge in [-0.05, 0) is 25.1 Å². The van der Waals surface area contributed by atoms with Gasteiger partial charge in [0.15, 0.2) is 6.10 Å². The smallest absolute Gasteiger partial charge is 0.263 e. The maximum atomic E-state index is 11.8. The van der Waals surface area contributed by atoms with E-state index < -0.39 is 6.10 Å². The summed E-state index contributed by atoms with van der Waals surface area (Å²) in [7, 11) is 1.60. The Hall–Kier alpha value is -2.06. The van der Waals surface area contributed by atoms with Gasteiger partial charge in [-0.1, -0.05) is 6.07 Å². The van der Waals surface area contributed by atoms with Crippen LogP contribution < -0.4 is 4.74 Å². The average molecular weight is 248 g/mol. The van der Waals surface area contributed by atoms with Crippen LogP contribution in [0.1, 0.15) is 12.5 Å². The van der Waals surface area contributed by atoms with Gasteiger partial charge < -0.3 is 14.7 Å². The Labute approximate surface area is 106 Å². The first-order chi connectivity index (χ1) is 8.58. The van der Waals surface area contributed by atoms with Gasteiger partial charge in [0, 0.05) is 13.6 Å². The lowest BCUT2D eigenvalue weighted by Crippen LogP contribution is -2.39. The van der Waals surface area contributed by atoms with Gasteiger partial charge in [-0.3, -0.25) is 4.79 Å². The fraction of sp³-hybridized carbons (Fsp3) is 0.385. The number of carbonyl (C=O) groups excluding carboxylic acids is 1. The van der Waals surface area contributed by atoms with Crippen molar-refractivity contribution in [2.24, 2.45) is 0 Å². The molecule has 0 aliphatic rings. The summed E-state index contributed by atoms with van der Waals surface area (Å²) < 4.78 is 5.46. The zero-order valence-corrected chi connectivity index (χ0v) is 10.5. The highest BCUT2D eigenvalue weighted by molar-refractivity contribution is 5.80. The van der Waals surface area contributed by atoms with Crippen LogP contribution in [0.15, 0.2) is 24.3 Å². The number of aliphatic hydroxyl groups excluding tert-OH is 1. The molecule has 0 spiro atoms. The number of amides is 1. The van der Waals surface area contributed by atoms with Gasteiger partial charge in [-0.25, -0.2) is 0 Å². The minimum atomic E-state index is -0.657. The molecular formula is C13H16N2O3. The number of nitrogens with zero attached hydrogens (tertiary/aromatic N) is 2. The molecule has 0 radical (unpaired) electrons. The molecule has 0 fully saturated rings. The second-order valence-corrected chi connectivity index (χ2v) is 3.88. The Morgan fingerprint density at radius 2 is 2.33 bits per heavy atom. The zero-order chi connectivity index (χ0) is 13.5. The molecule has 1 unspecified atom stereocenters. The number of likely N-dealkylation sites (N-methyl/N-ethyl adjacent to an activating group) is 1. The lowest BCUT2D eigenvalue weighted by atomic mass is 10.2. The third kappa shape index (κ3) is 3.75. The highest BCUT2D eigenvalue weighted by Crippen LogP contribution is 2.14. The normalized spacial score (nSPS) is 11.4. The third-order valence-electron chi connectivity index (χ3n) is 2.44. The SMILES string of the molecule is CC(Oc1cccc(C#N)c1)C(=O)N(C)CCO. The standard InChI is InChI=1S/C13H16N2O3/c1-10(13(17)15(2)6-7-16)18-12-5-3-4-11(8-12)9-14/h3-5,8,10,16H,6-7H2,1-2H3. The maximum absolute atomic E-state index is 11.8. The predicted octanol–water partition coefficient (Wildman–Crippen LogP) is 0.776. The van der Waals surface area contributed by atoms with Crippen molar-refractivity contribution in [3.05, 3.63) is 29.8 Å². The Kier molecular flexibility index (Phi) is 5.15. The van der Waals surface area contributed by atoms with E-state index in [0.29, 0.717) is 11.3 Å². The topological polar surface area (TPSA) is 73.6 Å². The minimum Gasteiger partial charge on any atom is -0.481 e. The Morgan fingerprint density at radius 3 is 2.94 bits per heavy atom. The number of ether oxygens (including phenoxy) is 1. The molecule has 1 rings (SSSR count). The molecule has 0 saturated carbocycles. The van der Waals surface area contributed by atoms with E-state index in [0.717, 1.165) is 0 Å². The highest BCUT2D eigenvalue weighted by atomic mass is 16.5. The molecule has 5 nitrogen and oxygen atoms in total. The number of hydrogen-bond donors (Lipinski definition) is 1. The summed E-state index contributed by atoms with van der Waals surface area (Å²) in [4.78, 5) is 13.2. The Morgan fingerprint density at radius 1 is 1.61 bits per heavy atom. The molecule has 5 heteroatoms. The molecule has 1 aromatic carbocycles. The van der Waals surface area contributed by atoms with E-state index in [1.165, 1.54) is 4.90 Å². The fourth-order valence-electron chi connectivity index (χ4n) is 1.46. The molecule has 1 amide bonds. The van der Waals surface area contributed by atoms with E-state index in [9.17, 15) is 4.79 Å². The van der Waals surface area contributed by atoms with Gasteiger partial charge in [-0.15, -0.1) is 0 Å². The van der Waals surface area contributed by atoms with Gasteiger partial charge in [0.1, 0.15) is 5.75 Å².